The van der Waals surface area contributed by atoms with Gasteiger partial charge in [-0.3, -0.25) is 4.79 Å². The maximum atomic E-state index is 11.8. The highest BCUT2D eigenvalue weighted by Gasteiger charge is 2.05. The topological polar surface area (TPSA) is 59.6 Å². The van der Waals surface area contributed by atoms with Crippen LogP contribution in [0, 0.1) is 0 Å². The highest BCUT2D eigenvalue weighted by Crippen LogP contribution is 2.27. The van der Waals surface area contributed by atoms with Gasteiger partial charge in [-0.2, -0.15) is 0 Å². The highest BCUT2D eigenvalue weighted by molar-refractivity contribution is 5.77. The Hall–Kier alpha value is -2.53. The minimum Gasteiger partial charge on any atom is -0.493 e. The van der Waals surface area contributed by atoms with Crippen LogP contribution in [0.15, 0.2) is 48.5 Å². The molecule has 134 valence electrons. The first-order valence-corrected chi connectivity index (χ1v) is 8.45. The Morgan fingerprint density at radius 3 is 2.32 bits per heavy atom. The van der Waals surface area contributed by atoms with Gasteiger partial charge >= 0.3 is 0 Å². The van der Waals surface area contributed by atoms with E-state index >= 15 is 0 Å². The van der Waals surface area contributed by atoms with E-state index in [1.165, 1.54) is 5.56 Å². The van der Waals surface area contributed by atoms with Gasteiger partial charge in [0.2, 0.25) is 5.91 Å². The Kier molecular flexibility index (Phi) is 7.79. The van der Waals surface area contributed by atoms with Crippen LogP contribution in [-0.2, 0) is 17.6 Å². The lowest BCUT2D eigenvalue weighted by molar-refractivity contribution is -0.120. The number of hydrogen-bond acceptors (Lipinski definition) is 4. The maximum absolute atomic E-state index is 11.8. The lowest BCUT2D eigenvalue weighted by atomic mass is 10.1. The van der Waals surface area contributed by atoms with E-state index in [-0.39, 0.29) is 5.91 Å². The Morgan fingerprint density at radius 1 is 0.880 bits per heavy atom. The van der Waals surface area contributed by atoms with Crippen LogP contribution in [0.1, 0.15) is 11.1 Å². The van der Waals surface area contributed by atoms with Crippen LogP contribution in [0.5, 0.6) is 11.5 Å². The predicted octanol–water partition coefficient (Wildman–Crippen LogP) is 2.19. The largest absolute Gasteiger partial charge is 0.493 e. The number of carbonyl (C=O) groups excluding carboxylic acids is 1. The summed E-state index contributed by atoms with van der Waals surface area (Å²) < 4.78 is 10.5. The monoisotopic (exact) mass is 342 g/mol. The van der Waals surface area contributed by atoms with Gasteiger partial charge in [0.05, 0.1) is 20.8 Å². The van der Waals surface area contributed by atoms with Gasteiger partial charge < -0.3 is 20.1 Å². The molecular formula is C20H26N2O3. The molecule has 5 nitrogen and oxygen atoms in total. The average Bonchev–Trinajstić information content (AvgIpc) is 2.66. The predicted molar refractivity (Wildman–Crippen MR) is 99.3 cm³/mol. The number of nitrogens with one attached hydrogen (secondary N) is 2. The van der Waals surface area contributed by atoms with Gasteiger partial charge in [-0.1, -0.05) is 36.4 Å². The van der Waals surface area contributed by atoms with Crippen molar-refractivity contribution in [3.63, 3.8) is 0 Å². The van der Waals surface area contributed by atoms with E-state index in [2.05, 4.69) is 22.8 Å². The number of hydrogen-bond donors (Lipinski definition) is 2. The molecule has 0 spiro atoms. The Morgan fingerprint density at radius 2 is 1.60 bits per heavy atom. The summed E-state index contributed by atoms with van der Waals surface area (Å²) >= 11 is 0. The van der Waals surface area contributed by atoms with Crippen molar-refractivity contribution in [2.75, 3.05) is 33.9 Å². The summed E-state index contributed by atoms with van der Waals surface area (Å²) in [5.41, 5.74) is 2.36. The zero-order valence-corrected chi connectivity index (χ0v) is 14.9. The molecule has 2 aromatic rings. The first-order chi connectivity index (χ1) is 12.2. The van der Waals surface area contributed by atoms with E-state index in [1.807, 2.05) is 36.4 Å². The van der Waals surface area contributed by atoms with E-state index in [4.69, 9.17) is 9.47 Å². The van der Waals surface area contributed by atoms with Crippen molar-refractivity contribution in [3.05, 3.63) is 59.7 Å². The smallest absolute Gasteiger partial charge is 0.233 e. The lowest BCUT2D eigenvalue weighted by Crippen LogP contribution is -2.35. The number of rotatable bonds is 10. The summed E-state index contributed by atoms with van der Waals surface area (Å²) in [6, 6.07) is 16.0. The number of ether oxygens (including phenoxy) is 2. The van der Waals surface area contributed by atoms with Gasteiger partial charge in [-0.05, 0) is 42.6 Å². The van der Waals surface area contributed by atoms with Crippen molar-refractivity contribution in [3.8, 4) is 11.5 Å². The summed E-state index contributed by atoms with van der Waals surface area (Å²) in [5, 5.41) is 6.09. The molecule has 0 aromatic heterocycles. The molecule has 0 unspecified atom stereocenters. The van der Waals surface area contributed by atoms with Gasteiger partial charge in [0, 0.05) is 6.54 Å². The van der Waals surface area contributed by atoms with Crippen LogP contribution < -0.4 is 20.1 Å². The molecule has 5 heteroatoms. The Balaban J connectivity index is 1.63. The average molecular weight is 342 g/mol. The minimum atomic E-state index is 0.00791. The number of carbonyl (C=O) groups is 1. The van der Waals surface area contributed by atoms with Crippen molar-refractivity contribution < 1.29 is 14.3 Å². The first kappa shape index (κ1) is 18.8. The molecule has 2 N–H and O–H groups in total. The van der Waals surface area contributed by atoms with Crippen molar-refractivity contribution in [2.24, 2.45) is 0 Å². The molecular weight excluding hydrogens is 316 g/mol. The third-order valence-electron chi connectivity index (χ3n) is 3.90. The second-order valence-electron chi connectivity index (χ2n) is 5.70. The fourth-order valence-corrected chi connectivity index (χ4v) is 2.52. The molecule has 0 heterocycles. The van der Waals surface area contributed by atoms with Crippen LogP contribution in [-0.4, -0.2) is 39.8 Å². The third kappa shape index (κ3) is 6.47. The van der Waals surface area contributed by atoms with Crippen LogP contribution in [0.2, 0.25) is 0 Å². The van der Waals surface area contributed by atoms with Crippen LogP contribution in [0.4, 0.5) is 0 Å². The molecule has 1 amide bonds. The molecule has 0 aliphatic heterocycles. The minimum absolute atomic E-state index is 0.00791. The molecule has 0 radical (unpaired) electrons. The number of amides is 1. The first-order valence-electron chi connectivity index (χ1n) is 8.45. The zero-order chi connectivity index (χ0) is 17.9. The van der Waals surface area contributed by atoms with Crippen LogP contribution >= 0.6 is 0 Å². The van der Waals surface area contributed by atoms with Crippen molar-refractivity contribution in [1.29, 1.82) is 0 Å². The molecule has 0 aliphatic carbocycles. The normalized spacial score (nSPS) is 10.3. The zero-order valence-electron chi connectivity index (χ0n) is 14.9. The lowest BCUT2D eigenvalue weighted by Gasteiger charge is -2.10. The summed E-state index contributed by atoms with van der Waals surface area (Å²) in [7, 11) is 3.23. The van der Waals surface area contributed by atoms with Crippen LogP contribution in [0.25, 0.3) is 0 Å². The quantitative estimate of drug-likeness (QED) is 0.650. The fourth-order valence-electron chi connectivity index (χ4n) is 2.52. The Bertz CT molecular complexity index is 659. The molecule has 0 atom stereocenters. The number of benzene rings is 2. The highest BCUT2D eigenvalue weighted by atomic mass is 16.5. The van der Waals surface area contributed by atoms with E-state index in [0.717, 1.165) is 24.9 Å². The van der Waals surface area contributed by atoms with Gasteiger partial charge in [0.25, 0.3) is 0 Å². The summed E-state index contributed by atoms with van der Waals surface area (Å²) in [4.78, 5) is 11.8. The molecule has 0 saturated heterocycles. The maximum Gasteiger partial charge on any atom is 0.233 e. The summed E-state index contributed by atoms with van der Waals surface area (Å²) in [5.74, 6) is 1.42. The fraction of sp³-hybridized carbons (Fsp3) is 0.350. The second-order valence-corrected chi connectivity index (χ2v) is 5.70. The molecule has 2 aromatic carbocycles. The van der Waals surface area contributed by atoms with Crippen molar-refractivity contribution >= 4 is 5.91 Å². The summed E-state index contributed by atoms with van der Waals surface area (Å²) in [6.45, 7) is 1.71. The SMILES string of the molecule is COc1ccc(CCNC(=O)CNCCc2ccccc2)cc1OC. The van der Waals surface area contributed by atoms with Gasteiger partial charge in [-0.25, -0.2) is 0 Å². The second kappa shape index (κ2) is 10.4. The summed E-state index contributed by atoms with van der Waals surface area (Å²) in [6.07, 6.45) is 1.66. The standard InChI is InChI=1S/C20H26N2O3/c1-24-18-9-8-17(14-19(18)25-2)11-13-22-20(23)15-21-12-10-16-6-4-3-5-7-16/h3-9,14,21H,10-13,15H2,1-2H3,(H,22,23). The molecule has 0 fully saturated rings. The van der Waals surface area contributed by atoms with Crippen molar-refractivity contribution in [2.45, 2.75) is 12.8 Å². The molecule has 25 heavy (non-hydrogen) atoms. The third-order valence-corrected chi connectivity index (χ3v) is 3.90. The van der Waals surface area contributed by atoms with Crippen molar-refractivity contribution in [1.82, 2.24) is 10.6 Å². The molecule has 2 rings (SSSR count). The molecule has 0 saturated carbocycles. The Labute approximate surface area is 149 Å². The molecule has 0 aliphatic rings. The van der Waals surface area contributed by atoms with E-state index in [0.29, 0.717) is 24.6 Å². The van der Waals surface area contributed by atoms with Crippen LogP contribution in [0.3, 0.4) is 0 Å². The van der Waals surface area contributed by atoms with Gasteiger partial charge in [0.15, 0.2) is 11.5 Å². The van der Waals surface area contributed by atoms with E-state index in [9.17, 15) is 4.79 Å². The van der Waals surface area contributed by atoms with Gasteiger partial charge in [0.1, 0.15) is 0 Å². The van der Waals surface area contributed by atoms with E-state index < -0.39 is 0 Å². The van der Waals surface area contributed by atoms with E-state index in [1.54, 1.807) is 14.2 Å². The number of methoxy groups -OCH3 is 2. The van der Waals surface area contributed by atoms with Gasteiger partial charge in [-0.15, -0.1) is 0 Å². The molecule has 0 bridgehead atoms.